The van der Waals surface area contributed by atoms with Gasteiger partial charge in [-0.15, -0.1) is 0 Å². The average molecular weight is 275 g/mol. The van der Waals surface area contributed by atoms with Crippen LogP contribution in [0.5, 0.6) is 0 Å². The van der Waals surface area contributed by atoms with Gasteiger partial charge in [0.25, 0.3) is 0 Å². The maximum Gasteiger partial charge on any atom is 0.0948 e. The van der Waals surface area contributed by atoms with Crippen molar-refractivity contribution in [1.82, 2.24) is 9.55 Å². The van der Waals surface area contributed by atoms with E-state index in [2.05, 4.69) is 9.55 Å². The number of ether oxygens (including phenoxy) is 1. The molecule has 20 heavy (non-hydrogen) atoms. The van der Waals surface area contributed by atoms with E-state index in [4.69, 9.17) is 10.5 Å². The Morgan fingerprint density at radius 2 is 2.30 bits per heavy atom. The summed E-state index contributed by atoms with van der Waals surface area (Å²) in [6.07, 6.45) is 10.8. The summed E-state index contributed by atoms with van der Waals surface area (Å²) in [4.78, 5) is 4.36. The Labute approximate surface area is 120 Å². The van der Waals surface area contributed by atoms with Crippen molar-refractivity contribution in [2.24, 2.45) is 29.4 Å². The summed E-state index contributed by atoms with van der Waals surface area (Å²) >= 11 is 0. The molecule has 3 aliphatic rings. The number of imidazole rings is 1. The topological polar surface area (TPSA) is 53.1 Å². The molecule has 110 valence electrons. The molecule has 0 spiro atoms. The molecule has 0 aromatic carbocycles. The largest absolute Gasteiger partial charge is 0.381 e. The maximum atomic E-state index is 6.45. The van der Waals surface area contributed by atoms with Gasteiger partial charge in [0, 0.05) is 25.3 Å². The Hall–Kier alpha value is -0.870. The molecule has 2 saturated carbocycles. The van der Waals surface area contributed by atoms with Crippen LogP contribution in [0.15, 0.2) is 12.5 Å². The van der Waals surface area contributed by atoms with E-state index in [1.165, 1.54) is 31.4 Å². The zero-order valence-electron chi connectivity index (χ0n) is 12.1. The van der Waals surface area contributed by atoms with E-state index in [1.54, 1.807) is 0 Å². The molecule has 2 N–H and O–H groups in total. The summed E-state index contributed by atoms with van der Waals surface area (Å²) < 4.78 is 7.81. The van der Waals surface area contributed by atoms with Gasteiger partial charge in [-0.3, -0.25) is 0 Å². The zero-order chi connectivity index (χ0) is 13.5. The van der Waals surface area contributed by atoms with Crippen LogP contribution in [-0.4, -0.2) is 22.8 Å². The number of fused-ring (bicyclic) bond motifs is 2. The molecule has 0 radical (unpaired) electrons. The first-order valence-electron chi connectivity index (χ1n) is 8.14. The molecule has 2 heterocycles. The molecule has 1 aliphatic heterocycles. The Balaban J connectivity index is 1.47. The molecule has 5 atom stereocenters. The van der Waals surface area contributed by atoms with E-state index < -0.39 is 0 Å². The Morgan fingerprint density at radius 3 is 3.00 bits per heavy atom. The van der Waals surface area contributed by atoms with Crippen molar-refractivity contribution in [3.63, 3.8) is 0 Å². The molecule has 5 unspecified atom stereocenters. The number of nitrogens with two attached hydrogens (primary N) is 1. The van der Waals surface area contributed by atoms with E-state index in [0.29, 0.717) is 5.92 Å². The Bertz CT molecular complexity index is 466. The van der Waals surface area contributed by atoms with Crippen LogP contribution in [0.4, 0.5) is 0 Å². The number of rotatable bonds is 4. The van der Waals surface area contributed by atoms with Gasteiger partial charge in [0.2, 0.25) is 0 Å². The van der Waals surface area contributed by atoms with Gasteiger partial charge in [0.05, 0.1) is 24.7 Å². The van der Waals surface area contributed by atoms with E-state index in [-0.39, 0.29) is 6.04 Å². The van der Waals surface area contributed by atoms with Gasteiger partial charge in [0.1, 0.15) is 0 Å². The van der Waals surface area contributed by atoms with Gasteiger partial charge in [-0.05, 0) is 43.4 Å². The first-order valence-corrected chi connectivity index (χ1v) is 8.14. The van der Waals surface area contributed by atoms with Crippen molar-refractivity contribution in [3.8, 4) is 0 Å². The van der Waals surface area contributed by atoms with Gasteiger partial charge in [-0.1, -0.05) is 6.42 Å². The zero-order valence-corrected chi connectivity index (χ0v) is 12.1. The van der Waals surface area contributed by atoms with Crippen LogP contribution in [0.3, 0.4) is 0 Å². The summed E-state index contributed by atoms with van der Waals surface area (Å²) in [5.74, 6) is 3.29. The number of hydrogen-bond donors (Lipinski definition) is 1. The molecule has 4 nitrogen and oxygen atoms in total. The predicted molar refractivity (Wildman–Crippen MR) is 77.0 cm³/mol. The minimum atomic E-state index is 0.0820. The second-order valence-corrected chi connectivity index (χ2v) is 7.06. The lowest BCUT2D eigenvalue weighted by Gasteiger charge is -2.25. The van der Waals surface area contributed by atoms with Gasteiger partial charge in [0.15, 0.2) is 0 Å². The number of nitrogens with zero attached hydrogens (tertiary/aromatic N) is 2. The summed E-state index contributed by atoms with van der Waals surface area (Å²) in [7, 11) is 0. The fraction of sp³-hybridized carbons (Fsp3) is 0.812. The highest BCUT2D eigenvalue weighted by molar-refractivity contribution is 5.07. The minimum Gasteiger partial charge on any atom is -0.381 e. The van der Waals surface area contributed by atoms with Crippen molar-refractivity contribution >= 4 is 0 Å². The van der Waals surface area contributed by atoms with Gasteiger partial charge >= 0.3 is 0 Å². The highest BCUT2D eigenvalue weighted by Crippen LogP contribution is 2.49. The summed E-state index contributed by atoms with van der Waals surface area (Å²) in [6, 6.07) is 0.0820. The number of aromatic nitrogens is 2. The van der Waals surface area contributed by atoms with Crippen molar-refractivity contribution in [3.05, 3.63) is 18.2 Å². The summed E-state index contributed by atoms with van der Waals surface area (Å²) in [5.41, 5.74) is 7.67. The first kappa shape index (κ1) is 12.8. The van der Waals surface area contributed by atoms with Crippen LogP contribution in [0, 0.1) is 23.7 Å². The van der Waals surface area contributed by atoms with Crippen LogP contribution in [0.25, 0.3) is 0 Å². The lowest BCUT2D eigenvalue weighted by molar-refractivity contribution is 0.180. The molecule has 1 saturated heterocycles. The highest BCUT2D eigenvalue weighted by Gasteiger charge is 2.39. The van der Waals surface area contributed by atoms with Crippen LogP contribution >= 0.6 is 0 Å². The number of hydrogen-bond acceptors (Lipinski definition) is 3. The lowest BCUT2D eigenvalue weighted by Crippen LogP contribution is -2.26. The fourth-order valence-corrected chi connectivity index (χ4v) is 4.69. The standard InChI is InChI=1S/C16H25N3O/c17-16(13-3-4-20-9-13)15-7-18-10-19(15)8-14-6-11-1-2-12(14)5-11/h7,10-14,16H,1-6,8-9,17H2. The Morgan fingerprint density at radius 1 is 1.35 bits per heavy atom. The molecule has 0 amide bonds. The van der Waals surface area contributed by atoms with Crippen LogP contribution in [0.1, 0.15) is 43.8 Å². The first-order chi connectivity index (χ1) is 9.81. The molecule has 4 rings (SSSR count). The Kier molecular flexibility index (Phi) is 3.31. The average Bonchev–Trinajstić information content (AvgIpc) is 3.23. The quantitative estimate of drug-likeness (QED) is 0.917. The molecular weight excluding hydrogens is 250 g/mol. The van der Waals surface area contributed by atoms with E-state index in [1.807, 2.05) is 12.5 Å². The van der Waals surface area contributed by atoms with Crippen LogP contribution < -0.4 is 5.73 Å². The van der Waals surface area contributed by atoms with E-state index >= 15 is 0 Å². The molecule has 2 bridgehead atoms. The predicted octanol–water partition coefficient (Wildman–Crippen LogP) is 2.36. The third-order valence-corrected chi connectivity index (χ3v) is 5.87. The molecule has 1 aromatic heterocycles. The summed E-state index contributed by atoms with van der Waals surface area (Å²) in [5, 5.41) is 0. The monoisotopic (exact) mass is 275 g/mol. The third kappa shape index (κ3) is 2.19. The molecule has 1 aromatic rings. The van der Waals surface area contributed by atoms with Gasteiger partial charge < -0.3 is 15.0 Å². The fourth-order valence-electron chi connectivity index (χ4n) is 4.69. The SMILES string of the molecule is NC(c1cncn1CC1CC2CCC1C2)C1CCOC1. The molecule has 3 fully saturated rings. The second-order valence-electron chi connectivity index (χ2n) is 7.06. The molecular formula is C16H25N3O. The van der Waals surface area contributed by atoms with E-state index in [9.17, 15) is 0 Å². The minimum absolute atomic E-state index is 0.0820. The van der Waals surface area contributed by atoms with Gasteiger partial charge in [-0.2, -0.15) is 0 Å². The maximum absolute atomic E-state index is 6.45. The van der Waals surface area contributed by atoms with Crippen LogP contribution in [0.2, 0.25) is 0 Å². The highest BCUT2D eigenvalue weighted by atomic mass is 16.5. The van der Waals surface area contributed by atoms with Gasteiger partial charge in [-0.25, -0.2) is 4.98 Å². The second kappa shape index (κ2) is 5.15. The lowest BCUT2D eigenvalue weighted by atomic mass is 9.88. The van der Waals surface area contributed by atoms with Crippen LogP contribution in [-0.2, 0) is 11.3 Å². The third-order valence-electron chi connectivity index (χ3n) is 5.87. The normalized spacial score (nSPS) is 37.6. The smallest absolute Gasteiger partial charge is 0.0948 e. The molecule has 4 heteroatoms. The van der Waals surface area contributed by atoms with Crippen molar-refractivity contribution < 1.29 is 4.74 Å². The van der Waals surface area contributed by atoms with Crippen molar-refractivity contribution in [2.75, 3.05) is 13.2 Å². The van der Waals surface area contributed by atoms with Crippen molar-refractivity contribution in [2.45, 2.75) is 44.7 Å². The molecule has 2 aliphatic carbocycles. The summed E-state index contributed by atoms with van der Waals surface area (Å²) in [6.45, 7) is 2.79. The van der Waals surface area contributed by atoms with Crippen molar-refractivity contribution in [1.29, 1.82) is 0 Å². The van der Waals surface area contributed by atoms with E-state index in [0.717, 1.165) is 43.9 Å².